The molecule has 0 heterocycles. The molecule has 0 aromatic rings. The molecule has 0 amide bonds. The van der Waals surface area contributed by atoms with Crippen molar-refractivity contribution in [3.05, 3.63) is 62.7 Å². The zero-order chi connectivity index (χ0) is 12.3. The molecule has 2 rings (SSSR count). The molecule has 0 aromatic heterocycles. The summed E-state index contributed by atoms with van der Waals surface area (Å²) >= 11 is 0. The Morgan fingerprint density at radius 2 is 1.67 bits per heavy atom. The summed E-state index contributed by atoms with van der Waals surface area (Å²) in [4.78, 5) is 22.9. The molecule has 2 fully saturated rings. The molecule has 0 spiro atoms. The summed E-state index contributed by atoms with van der Waals surface area (Å²) in [5.41, 5.74) is 0. The first-order valence-electron chi connectivity index (χ1n) is 5.68. The van der Waals surface area contributed by atoms with Crippen LogP contribution in [0.2, 0.25) is 0 Å². The smallest absolute Gasteiger partial charge is 0.140 e. The molecule has 0 atom stereocenters. The monoisotopic (exact) mass is 282 g/mol. The number of carbonyl (C=O) groups is 2. The average molecular weight is 282 g/mol. The van der Waals surface area contributed by atoms with E-state index in [-0.39, 0.29) is 28.6 Å². The van der Waals surface area contributed by atoms with Crippen LogP contribution in [0.4, 0.5) is 0 Å². The zero-order valence-corrected chi connectivity index (χ0v) is 11.2. The van der Waals surface area contributed by atoms with Crippen LogP contribution in [-0.4, -0.2) is 11.6 Å². The molecule has 2 aliphatic carbocycles. The quantitative estimate of drug-likeness (QED) is 0.724. The van der Waals surface area contributed by atoms with Crippen LogP contribution >= 0.6 is 0 Å². The van der Waals surface area contributed by atoms with E-state index in [2.05, 4.69) is 0 Å². The number of carbonyl (C=O) groups excluding carboxylic acids is 2. The molecule has 94 valence electrons. The van der Waals surface area contributed by atoms with Gasteiger partial charge in [0, 0.05) is 35.3 Å². The Morgan fingerprint density at radius 1 is 1.00 bits per heavy atom. The van der Waals surface area contributed by atoms with Gasteiger partial charge < -0.3 is 0 Å². The van der Waals surface area contributed by atoms with Crippen molar-refractivity contribution in [1.82, 2.24) is 0 Å². The summed E-state index contributed by atoms with van der Waals surface area (Å²) in [6.07, 6.45) is 14.2. The second-order valence-electron chi connectivity index (χ2n) is 4.16. The molecular formula is C15H14FeO2. The molecule has 2 saturated carbocycles. The summed E-state index contributed by atoms with van der Waals surface area (Å²) in [7, 11) is 0. The predicted molar refractivity (Wildman–Crippen MR) is 64.8 cm³/mol. The van der Waals surface area contributed by atoms with Crippen molar-refractivity contribution < 1.29 is 26.7 Å². The number of Topliss-reactive ketones (excluding diaryl/α,β-unsaturated/α-hetero) is 2. The standard InChI is InChI=1S/C15H14O2.Fe/c1-11(16)14-8-6-12(10-14)7-9-15(17)13-4-2-3-5-13;/h2-6,8,10H,7,9H2,1H3;. The Labute approximate surface area is 121 Å². The van der Waals surface area contributed by atoms with Crippen molar-refractivity contribution >= 4 is 11.6 Å². The molecule has 0 bridgehead atoms. The van der Waals surface area contributed by atoms with Gasteiger partial charge in [-0.1, -0.05) is 0 Å². The van der Waals surface area contributed by atoms with E-state index in [0.717, 1.165) is 17.8 Å². The van der Waals surface area contributed by atoms with Crippen LogP contribution in [0.15, 0.2) is 0 Å². The topological polar surface area (TPSA) is 34.1 Å². The van der Waals surface area contributed by atoms with E-state index < -0.39 is 0 Å². The van der Waals surface area contributed by atoms with Crippen LogP contribution in [0, 0.1) is 62.7 Å². The Bertz CT molecular complexity index is 295. The van der Waals surface area contributed by atoms with Crippen LogP contribution in [0.3, 0.4) is 0 Å². The third-order valence-corrected chi connectivity index (χ3v) is 2.85. The molecular weight excluding hydrogens is 268 g/mol. The number of hydrogen-bond acceptors (Lipinski definition) is 2. The summed E-state index contributed by atoms with van der Waals surface area (Å²) in [5.74, 6) is 2.76. The maximum Gasteiger partial charge on any atom is 0.140 e. The largest absolute Gasteiger partial charge is 0.299 e. The van der Waals surface area contributed by atoms with Crippen molar-refractivity contribution in [2.24, 2.45) is 0 Å². The van der Waals surface area contributed by atoms with Crippen molar-refractivity contribution in [3.63, 3.8) is 0 Å². The molecule has 0 aliphatic heterocycles. The Hall–Kier alpha value is -0.141. The molecule has 10 radical (unpaired) electrons. The molecule has 0 N–H and O–H groups in total. The molecule has 18 heavy (non-hydrogen) atoms. The van der Waals surface area contributed by atoms with Crippen molar-refractivity contribution in [1.29, 1.82) is 0 Å². The first-order chi connectivity index (χ1) is 8.16. The van der Waals surface area contributed by atoms with E-state index in [4.69, 9.17) is 0 Å². The van der Waals surface area contributed by atoms with Gasteiger partial charge in [0.05, 0.1) is 0 Å². The molecule has 0 aromatic carbocycles. The molecule has 3 heteroatoms. The number of ketones is 2. The maximum atomic E-state index is 11.8. The van der Waals surface area contributed by atoms with Gasteiger partial charge in [-0.3, -0.25) is 9.59 Å². The number of hydrogen-bond donors (Lipinski definition) is 0. The molecule has 0 unspecified atom stereocenters. The Kier molecular flexibility index (Phi) is 6.59. The summed E-state index contributed by atoms with van der Waals surface area (Å²) in [5, 5.41) is 0. The summed E-state index contributed by atoms with van der Waals surface area (Å²) < 4.78 is 0. The van der Waals surface area contributed by atoms with Gasteiger partial charge in [-0.05, 0) is 64.2 Å². The second-order valence-corrected chi connectivity index (χ2v) is 4.16. The van der Waals surface area contributed by atoms with Gasteiger partial charge in [-0.25, -0.2) is 0 Å². The minimum Gasteiger partial charge on any atom is -0.299 e. The predicted octanol–water partition coefficient (Wildman–Crippen LogP) is 2.10. The minimum absolute atomic E-state index is 0. The fourth-order valence-electron chi connectivity index (χ4n) is 1.83. The molecule has 2 nitrogen and oxygen atoms in total. The molecule has 2 aliphatic rings. The van der Waals surface area contributed by atoms with Gasteiger partial charge in [-0.2, -0.15) is 0 Å². The van der Waals surface area contributed by atoms with Crippen LogP contribution in [0.25, 0.3) is 0 Å². The normalized spacial score (nSPS) is 22.1. The van der Waals surface area contributed by atoms with Gasteiger partial charge in [0.25, 0.3) is 0 Å². The summed E-state index contributed by atoms with van der Waals surface area (Å²) in [6, 6.07) is 0. The van der Waals surface area contributed by atoms with Crippen LogP contribution in [-0.2, 0) is 26.7 Å². The fourth-order valence-corrected chi connectivity index (χ4v) is 1.83. The van der Waals surface area contributed by atoms with E-state index >= 15 is 0 Å². The van der Waals surface area contributed by atoms with E-state index in [9.17, 15) is 9.59 Å². The first-order valence-corrected chi connectivity index (χ1v) is 5.68. The van der Waals surface area contributed by atoms with E-state index in [1.165, 1.54) is 0 Å². The van der Waals surface area contributed by atoms with Gasteiger partial charge in [0.2, 0.25) is 0 Å². The number of rotatable bonds is 5. The fraction of sp³-hybridized carbons (Fsp3) is 0.200. The molecule has 0 saturated heterocycles. The average Bonchev–Trinajstić information content (AvgIpc) is 2.97. The van der Waals surface area contributed by atoms with E-state index in [0.29, 0.717) is 12.8 Å². The third-order valence-electron chi connectivity index (χ3n) is 2.85. The van der Waals surface area contributed by atoms with Gasteiger partial charge in [0.1, 0.15) is 11.6 Å². The van der Waals surface area contributed by atoms with Gasteiger partial charge in [0.15, 0.2) is 0 Å². The Morgan fingerprint density at radius 3 is 2.22 bits per heavy atom. The Balaban J connectivity index is 0.00000162. The first kappa shape index (κ1) is 15.9. The summed E-state index contributed by atoms with van der Waals surface area (Å²) in [6.45, 7) is 1.55. The minimum atomic E-state index is 0. The second kappa shape index (κ2) is 7.45. The maximum absolute atomic E-state index is 11.8. The van der Waals surface area contributed by atoms with Gasteiger partial charge in [-0.15, -0.1) is 0 Å². The van der Waals surface area contributed by atoms with Crippen LogP contribution < -0.4 is 0 Å². The van der Waals surface area contributed by atoms with E-state index in [1.54, 1.807) is 6.92 Å². The van der Waals surface area contributed by atoms with Crippen molar-refractivity contribution in [2.75, 3.05) is 0 Å². The van der Waals surface area contributed by atoms with Crippen molar-refractivity contribution in [3.8, 4) is 0 Å². The third kappa shape index (κ3) is 4.20. The zero-order valence-electron chi connectivity index (χ0n) is 10.1. The van der Waals surface area contributed by atoms with Crippen LogP contribution in [0.5, 0.6) is 0 Å². The van der Waals surface area contributed by atoms with Gasteiger partial charge >= 0.3 is 0 Å². The SMILES string of the molecule is CC(=O)[C]1[CH][CH][C](CCC(=O)[C]2[CH][CH][CH][CH]2)[CH]1.[Fe]. The van der Waals surface area contributed by atoms with Crippen LogP contribution in [0.1, 0.15) is 19.8 Å². The van der Waals surface area contributed by atoms with E-state index in [1.807, 2.05) is 44.9 Å². The van der Waals surface area contributed by atoms with Crippen molar-refractivity contribution in [2.45, 2.75) is 19.8 Å².